The van der Waals surface area contributed by atoms with Crippen LogP contribution in [-0.2, 0) is 24.0 Å². The summed E-state index contributed by atoms with van der Waals surface area (Å²) in [6.07, 6.45) is 36.4. The molecular formula is C102H144N2O2S5. The van der Waals surface area contributed by atoms with Gasteiger partial charge in [0, 0.05) is 41.8 Å². The van der Waals surface area contributed by atoms with Gasteiger partial charge in [-0.3, -0.25) is 0 Å². The Bertz CT molecular complexity index is 4560. The second-order valence-corrected chi connectivity index (χ2v) is 44.1. The lowest BCUT2D eigenvalue weighted by Gasteiger charge is -2.39. The van der Waals surface area contributed by atoms with Crippen LogP contribution in [0.2, 0.25) is 0 Å². The van der Waals surface area contributed by atoms with Crippen molar-refractivity contribution in [3.05, 3.63) is 105 Å². The average Bonchev–Trinajstić information content (AvgIpc) is 1.71. The van der Waals surface area contributed by atoms with E-state index < -0.39 is 11.2 Å². The van der Waals surface area contributed by atoms with Crippen LogP contribution in [0.3, 0.4) is 0 Å². The number of aryl methyl sites for hydroxylation is 4. The van der Waals surface area contributed by atoms with Crippen LogP contribution in [0.15, 0.2) is 72.8 Å². The van der Waals surface area contributed by atoms with Gasteiger partial charge in [-0.2, -0.15) is 8.75 Å². The SMILES string of the molecule is Cc1cc2c(s1)-c1sc(-c3ccc(-c4cc5c(s4)-c4sc(-c6cc(CCC(C)CCCC(C)C)c7ccc8c(C)ccc9c(CCC(C)CCCC(C)C)cc6c7c89)cc4OC5(CCC(C)CCCC(C)C)CCC(C)CCCC(C)C)c4nsnc34)cc1C(CCC(C)CCCC(C)C)(CCC(C)CCCC(C)C)O2. The summed E-state index contributed by atoms with van der Waals surface area (Å²) in [4.78, 5) is 10.7. The number of hydrogen-bond donors (Lipinski definition) is 0. The summed E-state index contributed by atoms with van der Waals surface area (Å²) in [6, 6.07) is 30.3. The summed E-state index contributed by atoms with van der Waals surface area (Å²) in [6.45, 7) is 48.4. The molecule has 10 aromatic rings. The smallest absolute Gasteiger partial charge is 0.140 e. The molecular weight excluding hydrogens is 1450 g/mol. The second kappa shape index (κ2) is 38.6. The zero-order valence-corrected chi connectivity index (χ0v) is 76.9. The van der Waals surface area contributed by atoms with E-state index in [9.17, 15) is 0 Å². The van der Waals surface area contributed by atoms with Crippen molar-refractivity contribution in [3.8, 4) is 62.3 Å². The van der Waals surface area contributed by atoms with Crippen LogP contribution in [0.25, 0.3) is 94.2 Å². The van der Waals surface area contributed by atoms with Crippen molar-refractivity contribution in [2.24, 2.45) is 71.0 Å². The average molecular weight is 1590 g/mol. The number of fused-ring (bicyclic) bond motifs is 7. The van der Waals surface area contributed by atoms with Crippen LogP contribution in [0.5, 0.6) is 11.5 Å². The lowest BCUT2D eigenvalue weighted by atomic mass is 9.78. The minimum absolute atomic E-state index is 0.396. The molecule has 0 spiro atoms. The van der Waals surface area contributed by atoms with E-state index in [-0.39, 0.29) is 0 Å². The van der Waals surface area contributed by atoms with Gasteiger partial charge >= 0.3 is 0 Å². The molecule has 4 nitrogen and oxygen atoms in total. The van der Waals surface area contributed by atoms with Gasteiger partial charge in [0.25, 0.3) is 0 Å². The highest BCUT2D eigenvalue weighted by atomic mass is 32.1. The van der Waals surface area contributed by atoms with Gasteiger partial charge < -0.3 is 9.47 Å². The Morgan fingerprint density at radius 1 is 0.315 bits per heavy atom. The second-order valence-electron chi connectivity index (χ2n) is 39.2. The number of rotatable bonds is 45. The molecule has 0 aliphatic carbocycles. The number of nitrogens with zero attached hydrogens (tertiary/aromatic N) is 2. The van der Waals surface area contributed by atoms with Crippen LogP contribution in [-0.4, -0.2) is 8.75 Å². The van der Waals surface area contributed by atoms with Gasteiger partial charge in [0.15, 0.2) is 0 Å². The molecule has 0 amide bonds. The Kier molecular flexibility index (Phi) is 29.8. The minimum atomic E-state index is -0.495. The number of ether oxygens (including phenoxy) is 2. The summed E-state index contributed by atoms with van der Waals surface area (Å²) >= 11 is 9.32. The summed E-state index contributed by atoms with van der Waals surface area (Å²) < 4.78 is 26.7. The van der Waals surface area contributed by atoms with Crippen LogP contribution in [0, 0.1) is 84.9 Å². The zero-order chi connectivity index (χ0) is 79.0. The van der Waals surface area contributed by atoms with Gasteiger partial charge in [-0.1, -0.05) is 277 Å². The van der Waals surface area contributed by atoms with Crippen molar-refractivity contribution in [3.63, 3.8) is 0 Å². The van der Waals surface area contributed by atoms with Crippen molar-refractivity contribution in [1.82, 2.24) is 8.75 Å². The third-order valence-electron chi connectivity index (χ3n) is 26.3. The highest BCUT2D eigenvalue weighted by molar-refractivity contribution is 7.26. The molecule has 7 heterocycles. The van der Waals surface area contributed by atoms with Crippen LogP contribution < -0.4 is 9.47 Å². The van der Waals surface area contributed by atoms with Crippen molar-refractivity contribution < 1.29 is 9.47 Å². The molecule has 604 valence electrons. The van der Waals surface area contributed by atoms with Crippen molar-refractivity contribution in [2.45, 2.75) is 342 Å². The molecule has 0 saturated heterocycles. The molecule has 2 aliphatic rings. The predicted molar refractivity (Wildman–Crippen MR) is 495 cm³/mol. The number of benzene rings is 5. The van der Waals surface area contributed by atoms with E-state index in [0.29, 0.717) is 35.5 Å². The largest absolute Gasteiger partial charge is 0.481 e. The molecule has 0 saturated carbocycles. The first kappa shape index (κ1) is 85.7. The molecule has 9 heteroatoms. The maximum absolute atomic E-state index is 8.25. The normalized spacial score (nSPS) is 17.5. The molecule has 0 N–H and O–H groups in total. The summed E-state index contributed by atoms with van der Waals surface area (Å²) in [5.41, 5.74) is 12.1. The molecule has 5 aromatic heterocycles. The molecule has 12 rings (SSSR count). The minimum Gasteiger partial charge on any atom is -0.481 e. The topological polar surface area (TPSA) is 44.2 Å². The third-order valence-corrected chi connectivity index (χ3v) is 31.7. The third kappa shape index (κ3) is 20.8. The van der Waals surface area contributed by atoms with E-state index in [2.05, 4.69) is 211 Å². The highest BCUT2D eigenvalue weighted by Crippen LogP contribution is 2.62. The summed E-state index contributed by atoms with van der Waals surface area (Å²) in [5.74, 6) is 10.4. The number of thiophene rings is 4. The fourth-order valence-corrected chi connectivity index (χ4v) is 24.5. The van der Waals surface area contributed by atoms with Gasteiger partial charge in [-0.25, -0.2) is 0 Å². The molecule has 6 unspecified atom stereocenters. The van der Waals surface area contributed by atoms with E-state index in [1.165, 1.54) is 256 Å². The van der Waals surface area contributed by atoms with Crippen molar-refractivity contribution in [1.29, 1.82) is 0 Å². The molecule has 0 radical (unpaired) electrons. The Morgan fingerprint density at radius 2 is 0.658 bits per heavy atom. The van der Waals surface area contributed by atoms with Gasteiger partial charge in [0.05, 0.1) is 31.2 Å². The van der Waals surface area contributed by atoms with E-state index in [4.69, 9.17) is 18.2 Å². The Labute approximate surface area is 694 Å². The maximum atomic E-state index is 8.25. The van der Waals surface area contributed by atoms with Crippen LogP contribution >= 0.6 is 57.1 Å². The van der Waals surface area contributed by atoms with E-state index in [1.54, 1.807) is 0 Å². The van der Waals surface area contributed by atoms with Crippen molar-refractivity contribution >= 4 is 100 Å². The first-order chi connectivity index (χ1) is 53.2. The molecule has 0 fully saturated rings. The first-order valence-corrected chi connectivity index (χ1v) is 49.1. The molecule has 5 aromatic carbocycles. The van der Waals surface area contributed by atoms with Crippen LogP contribution in [0.1, 0.15) is 337 Å². The quantitative estimate of drug-likeness (QED) is 0.0357. The highest BCUT2D eigenvalue weighted by Gasteiger charge is 2.46. The van der Waals surface area contributed by atoms with Crippen molar-refractivity contribution in [2.75, 3.05) is 0 Å². The molecule has 2 aliphatic heterocycles. The van der Waals surface area contributed by atoms with Crippen LogP contribution in [0.4, 0.5) is 0 Å². The lowest BCUT2D eigenvalue weighted by molar-refractivity contribution is 0.0322. The summed E-state index contributed by atoms with van der Waals surface area (Å²) in [5, 5.41) is 8.70. The predicted octanol–water partition coefficient (Wildman–Crippen LogP) is 34.7. The summed E-state index contributed by atoms with van der Waals surface area (Å²) in [7, 11) is 0. The zero-order valence-electron chi connectivity index (χ0n) is 72.8. The Balaban J connectivity index is 1.000. The Morgan fingerprint density at radius 3 is 1.07 bits per heavy atom. The number of aromatic nitrogens is 2. The van der Waals surface area contributed by atoms with Gasteiger partial charge in [-0.05, 0) is 253 Å². The number of hydrogen-bond acceptors (Lipinski definition) is 9. The first-order valence-electron chi connectivity index (χ1n) is 45.1. The standard InChI is InChI=1S/C102H144N2O2S5/c1-63(2)27-21-33-69(13)39-42-77-58-84(85-59-78(43-40-70(14)34-22-28-64(3)4)80-44-41-75(19)79-45-46-81(77)94(85)93(79)80)92-62-89-100(110-92)98-87(102(106-89,55-51-73(17)37-25-31-67(9)10)56-52-74(18)38-26-32-68(11)12)61-91(109-98)83-48-47-82(95-96(83)104-111-103-95)90-60-86-97(108-90)99-88(57-76(20)107-99)105-101(86,53-49-71(15)35-23-29-65(5)6)54-50-72(16)36-24-30-66(7)8/h41,44-48,57-74H,21-40,42-43,49-56H2,1-20H3. The van der Waals surface area contributed by atoms with Gasteiger partial charge in [0.2, 0.25) is 0 Å². The fourth-order valence-electron chi connectivity index (χ4n) is 19.0. The Hall–Kier alpha value is -4.64. The molecule has 111 heavy (non-hydrogen) atoms. The maximum Gasteiger partial charge on any atom is 0.140 e. The fraction of sp³-hybridized carbons (Fsp3) is 0.627. The molecule has 0 bridgehead atoms. The molecule has 6 atom stereocenters. The van der Waals surface area contributed by atoms with E-state index in [0.717, 1.165) is 122 Å². The van der Waals surface area contributed by atoms with Gasteiger partial charge in [0.1, 0.15) is 33.7 Å². The lowest BCUT2D eigenvalue weighted by Crippen LogP contribution is -2.36. The van der Waals surface area contributed by atoms with E-state index in [1.807, 2.05) is 45.3 Å². The van der Waals surface area contributed by atoms with Gasteiger partial charge in [-0.15, -0.1) is 45.3 Å². The monoisotopic (exact) mass is 1590 g/mol. The van der Waals surface area contributed by atoms with E-state index >= 15 is 0 Å².